The minimum atomic E-state index is 0.267. The Balaban J connectivity index is 1.80. The van der Waals surface area contributed by atoms with Gasteiger partial charge in [0.2, 0.25) is 0 Å². The number of para-hydroxylation sites is 1. The number of anilines is 1. The maximum Gasteiger partial charge on any atom is 0.147 e. The number of halogens is 1. The van der Waals surface area contributed by atoms with Crippen LogP contribution in [0.4, 0.5) is 5.82 Å². The summed E-state index contributed by atoms with van der Waals surface area (Å²) < 4.78 is 9.19. The van der Waals surface area contributed by atoms with Crippen molar-refractivity contribution in [3.05, 3.63) is 64.6 Å². The van der Waals surface area contributed by atoms with E-state index in [4.69, 9.17) is 10.5 Å². The van der Waals surface area contributed by atoms with E-state index in [-0.39, 0.29) is 6.04 Å². The number of hydrogen-bond donors (Lipinski definition) is 1. The summed E-state index contributed by atoms with van der Waals surface area (Å²) in [4.78, 5) is 8.69. The summed E-state index contributed by atoms with van der Waals surface area (Å²) in [5.41, 5.74) is 9.20. The van der Waals surface area contributed by atoms with Gasteiger partial charge in [-0.05, 0) is 66.3 Å². The fourth-order valence-electron chi connectivity index (χ4n) is 3.18. The molecule has 0 radical (unpaired) electrons. The molecule has 4 rings (SSSR count). The van der Waals surface area contributed by atoms with Crippen molar-refractivity contribution in [3.8, 4) is 22.6 Å². The molecule has 4 aromatic rings. The van der Waals surface area contributed by atoms with Gasteiger partial charge in [0.15, 0.2) is 0 Å². The highest BCUT2D eigenvalue weighted by molar-refractivity contribution is 14.1. The Kier molecular flexibility index (Phi) is 4.73. The Hall–Kier alpha value is -2.61. The number of nitrogens with two attached hydrogens (primary N) is 1. The van der Waals surface area contributed by atoms with Gasteiger partial charge in [-0.1, -0.05) is 30.3 Å². The topological polar surface area (TPSA) is 66.0 Å². The lowest BCUT2D eigenvalue weighted by Gasteiger charge is -2.11. The lowest BCUT2D eigenvalue weighted by atomic mass is 10.1. The maximum atomic E-state index is 6.22. The van der Waals surface area contributed by atoms with E-state index in [1.807, 2.05) is 54.6 Å². The molecular formula is C21H19IN4O. The summed E-state index contributed by atoms with van der Waals surface area (Å²) in [7, 11) is 0. The Morgan fingerprint density at radius 3 is 2.30 bits per heavy atom. The van der Waals surface area contributed by atoms with Crippen LogP contribution >= 0.6 is 22.6 Å². The lowest BCUT2D eigenvalue weighted by Crippen LogP contribution is -2.04. The highest BCUT2D eigenvalue weighted by Crippen LogP contribution is 2.39. The molecule has 0 fully saturated rings. The summed E-state index contributed by atoms with van der Waals surface area (Å²) in [5, 5.41) is 0.896. The molecule has 0 bridgehead atoms. The average Bonchev–Trinajstić information content (AvgIpc) is 2.97. The van der Waals surface area contributed by atoms with Gasteiger partial charge in [0, 0.05) is 11.6 Å². The number of fused-ring (bicyclic) bond motifs is 1. The van der Waals surface area contributed by atoms with Crippen molar-refractivity contribution in [2.45, 2.75) is 19.9 Å². The molecule has 0 aliphatic heterocycles. The van der Waals surface area contributed by atoms with Gasteiger partial charge in [0.25, 0.3) is 0 Å². The number of ether oxygens (including phenoxy) is 1. The van der Waals surface area contributed by atoms with Crippen LogP contribution in [0.15, 0.2) is 60.9 Å². The van der Waals surface area contributed by atoms with Crippen LogP contribution in [0.1, 0.15) is 19.9 Å². The number of aromatic nitrogens is 3. The van der Waals surface area contributed by atoms with E-state index >= 15 is 0 Å². The molecule has 2 heterocycles. The smallest absolute Gasteiger partial charge is 0.147 e. The molecule has 2 aromatic carbocycles. The SMILES string of the molecule is CC(C)n1c(I)c(-c2ccc(Oc3ccccc3)cc2)c2c(N)ncnc21. The van der Waals surface area contributed by atoms with Crippen molar-refractivity contribution < 1.29 is 4.74 Å². The highest BCUT2D eigenvalue weighted by Gasteiger charge is 2.21. The predicted molar refractivity (Wildman–Crippen MR) is 117 cm³/mol. The van der Waals surface area contributed by atoms with Gasteiger partial charge >= 0.3 is 0 Å². The minimum Gasteiger partial charge on any atom is -0.457 e. The molecule has 5 nitrogen and oxygen atoms in total. The van der Waals surface area contributed by atoms with Crippen molar-refractivity contribution in [2.24, 2.45) is 0 Å². The van der Waals surface area contributed by atoms with Gasteiger partial charge in [-0.3, -0.25) is 0 Å². The van der Waals surface area contributed by atoms with E-state index in [2.05, 4.69) is 51.0 Å². The molecule has 2 N–H and O–H groups in total. The number of rotatable bonds is 4. The summed E-state index contributed by atoms with van der Waals surface area (Å²) in [6, 6.07) is 18.0. The highest BCUT2D eigenvalue weighted by atomic mass is 127. The third-order valence-electron chi connectivity index (χ3n) is 4.39. The van der Waals surface area contributed by atoms with Crippen molar-refractivity contribution in [1.29, 1.82) is 0 Å². The van der Waals surface area contributed by atoms with Crippen molar-refractivity contribution in [1.82, 2.24) is 14.5 Å². The predicted octanol–water partition coefficient (Wildman–Crippen LogP) is 5.66. The normalized spacial score (nSPS) is 11.3. The number of nitrogens with zero attached hydrogens (tertiary/aromatic N) is 3. The molecule has 0 spiro atoms. The zero-order valence-corrected chi connectivity index (χ0v) is 17.2. The molecule has 0 unspecified atom stereocenters. The molecule has 0 aliphatic rings. The number of nitrogen functional groups attached to an aromatic ring is 1. The van der Waals surface area contributed by atoms with Crippen LogP contribution in [0.3, 0.4) is 0 Å². The first-order chi connectivity index (χ1) is 13.1. The molecule has 6 heteroatoms. The molecule has 2 aromatic heterocycles. The van der Waals surface area contributed by atoms with Crippen molar-refractivity contribution in [3.63, 3.8) is 0 Å². The Morgan fingerprint density at radius 2 is 1.63 bits per heavy atom. The standard InChI is InChI=1S/C21H19IN4O/c1-13(2)26-19(22)17(18-20(23)24-12-25-21(18)26)14-8-10-16(11-9-14)27-15-6-4-3-5-7-15/h3-13H,1-2H3,(H2,23,24,25). The molecule has 0 saturated carbocycles. The maximum absolute atomic E-state index is 6.22. The zero-order chi connectivity index (χ0) is 19.0. The monoisotopic (exact) mass is 470 g/mol. The van der Waals surface area contributed by atoms with Gasteiger partial charge in [-0.25, -0.2) is 9.97 Å². The van der Waals surface area contributed by atoms with Gasteiger partial charge in [-0.15, -0.1) is 0 Å². The van der Waals surface area contributed by atoms with Crippen LogP contribution in [0.5, 0.6) is 11.5 Å². The minimum absolute atomic E-state index is 0.267. The summed E-state index contributed by atoms with van der Waals surface area (Å²) >= 11 is 2.37. The fourth-order valence-corrected chi connectivity index (χ4v) is 4.54. The van der Waals surface area contributed by atoms with Crippen LogP contribution in [-0.2, 0) is 0 Å². The Bertz CT molecular complexity index is 1090. The van der Waals surface area contributed by atoms with Crippen LogP contribution in [0.25, 0.3) is 22.2 Å². The van der Waals surface area contributed by atoms with E-state index < -0.39 is 0 Å². The zero-order valence-electron chi connectivity index (χ0n) is 15.1. The first kappa shape index (κ1) is 17.8. The number of hydrogen-bond acceptors (Lipinski definition) is 4. The van der Waals surface area contributed by atoms with E-state index in [1.54, 1.807) is 0 Å². The second kappa shape index (κ2) is 7.19. The summed E-state index contributed by atoms with van der Waals surface area (Å²) in [6.07, 6.45) is 1.52. The van der Waals surface area contributed by atoms with Gasteiger partial charge in [0.1, 0.15) is 29.3 Å². The number of benzene rings is 2. The average molecular weight is 470 g/mol. The molecule has 0 saturated heterocycles. The molecule has 0 amide bonds. The first-order valence-corrected chi connectivity index (χ1v) is 9.77. The third-order valence-corrected chi connectivity index (χ3v) is 5.45. The third kappa shape index (κ3) is 3.25. The molecule has 0 atom stereocenters. The van der Waals surface area contributed by atoms with E-state index in [9.17, 15) is 0 Å². The van der Waals surface area contributed by atoms with Crippen LogP contribution in [0, 0.1) is 3.70 Å². The van der Waals surface area contributed by atoms with E-state index in [1.165, 1.54) is 6.33 Å². The van der Waals surface area contributed by atoms with Gasteiger partial charge < -0.3 is 15.0 Å². The lowest BCUT2D eigenvalue weighted by molar-refractivity contribution is 0.483. The fraction of sp³-hybridized carbons (Fsp3) is 0.143. The Morgan fingerprint density at radius 1 is 0.963 bits per heavy atom. The van der Waals surface area contributed by atoms with Crippen LogP contribution < -0.4 is 10.5 Å². The quantitative estimate of drug-likeness (QED) is 0.391. The van der Waals surface area contributed by atoms with E-state index in [0.29, 0.717) is 5.82 Å². The molecule has 136 valence electrons. The Labute approximate surface area is 171 Å². The van der Waals surface area contributed by atoms with Crippen LogP contribution in [0.2, 0.25) is 0 Å². The van der Waals surface area contributed by atoms with Gasteiger partial charge in [-0.2, -0.15) is 0 Å². The molecule has 27 heavy (non-hydrogen) atoms. The summed E-state index contributed by atoms with van der Waals surface area (Å²) in [5.74, 6) is 2.10. The van der Waals surface area contributed by atoms with Crippen molar-refractivity contribution >= 4 is 39.4 Å². The second-order valence-electron chi connectivity index (χ2n) is 6.53. The second-order valence-corrected chi connectivity index (χ2v) is 7.55. The van der Waals surface area contributed by atoms with Crippen LogP contribution in [-0.4, -0.2) is 14.5 Å². The first-order valence-electron chi connectivity index (χ1n) is 8.69. The molecular weight excluding hydrogens is 451 g/mol. The largest absolute Gasteiger partial charge is 0.457 e. The van der Waals surface area contributed by atoms with Crippen molar-refractivity contribution in [2.75, 3.05) is 5.73 Å². The summed E-state index contributed by atoms with van der Waals surface area (Å²) in [6.45, 7) is 4.28. The van der Waals surface area contributed by atoms with Gasteiger partial charge in [0.05, 0.1) is 9.09 Å². The molecule has 0 aliphatic carbocycles. The van der Waals surface area contributed by atoms with E-state index in [0.717, 1.165) is 37.4 Å².